The number of benzene rings is 1. The van der Waals surface area contributed by atoms with Crippen LogP contribution >= 0.6 is 0 Å². The molecule has 2 N–H and O–H groups in total. The molecule has 6 heteroatoms. The predicted octanol–water partition coefficient (Wildman–Crippen LogP) is 1.55. The number of likely N-dealkylation sites (tertiary alicyclic amines) is 1. The minimum absolute atomic E-state index is 0.0350. The second-order valence-electron chi connectivity index (χ2n) is 5.68. The number of carbonyl (C=O) groups is 2. The Morgan fingerprint density at radius 1 is 1.22 bits per heavy atom. The fourth-order valence-electron chi connectivity index (χ4n) is 2.86. The monoisotopic (exact) mass is 312 g/mol. The van der Waals surface area contributed by atoms with Gasteiger partial charge in [-0.25, -0.2) is 4.98 Å². The minimum Gasteiger partial charge on any atom is -0.348 e. The molecule has 0 unspecified atom stereocenters. The van der Waals surface area contributed by atoms with E-state index in [1.807, 2.05) is 17.2 Å². The number of hydrogen-bond donors (Lipinski definition) is 2. The smallest absolute Gasteiger partial charge is 0.251 e. The summed E-state index contributed by atoms with van der Waals surface area (Å²) < 4.78 is 0. The molecule has 0 aliphatic carbocycles. The maximum absolute atomic E-state index is 12.2. The van der Waals surface area contributed by atoms with Crippen molar-refractivity contribution in [2.24, 2.45) is 0 Å². The molecule has 0 bridgehead atoms. The molecule has 2 aromatic rings. The number of nitrogens with zero attached hydrogens (tertiary/aromatic N) is 2. The molecule has 1 fully saturated rings. The zero-order valence-electron chi connectivity index (χ0n) is 12.9. The molecule has 2 heterocycles. The molecule has 6 nitrogen and oxygen atoms in total. The number of piperidine rings is 1. The Kier molecular flexibility index (Phi) is 4.71. The van der Waals surface area contributed by atoms with Crippen molar-refractivity contribution in [3.05, 3.63) is 54.1 Å². The number of aromatic nitrogens is 2. The van der Waals surface area contributed by atoms with Gasteiger partial charge in [-0.3, -0.25) is 9.59 Å². The van der Waals surface area contributed by atoms with Gasteiger partial charge in [0.15, 0.2) is 0 Å². The lowest BCUT2D eigenvalue weighted by Gasteiger charge is -2.31. The molecule has 0 spiro atoms. The maximum atomic E-state index is 12.2. The summed E-state index contributed by atoms with van der Waals surface area (Å²) in [6, 6.07) is 8.92. The van der Waals surface area contributed by atoms with Gasteiger partial charge in [-0.15, -0.1) is 0 Å². The summed E-state index contributed by atoms with van der Waals surface area (Å²) in [7, 11) is 0. The van der Waals surface area contributed by atoms with Crippen molar-refractivity contribution in [1.29, 1.82) is 0 Å². The van der Waals surface area contributed by atoms with Crippen LogP contribution in [0.1, 0.15) is 34.9 Å². The van der Waals surface area contributed by atoms with Crippen molar-refractivity contribution < 1.29 is 9.59 Å². The fraction of sp³-hybridized carbons (Fsp3) is 0.353. The topological polar surface area (TPSA) is 78.1 Å². The predicted molar refractivity (Wildman–Crippen MR) is 85.9 cm³/mol. The number of carbonyl (C=O) groups excluding carboxylic acids is 2. The van der Waals surface area contributed by atoms with Gasteiger partial charge in [0, 0.05) is 37.0 Å². The van der Waals surface area contributed by atoms with Crippen LogP contribution in [0.2, 0.25) is 0 Å². The Hall–Kier alpha value is -2.63. The molecule has 1 aromatic carbocycles. The number of rotatable bonds is 4. The largest absolute Gasteiger partial charge is 0.348 e. The molecule has 1 aliphatic heterocycles. The van der Waals surface area contributed by atoms with Gasteiger partial charge in [-0.05, 0) is 25.0 Å². The highest BCUT2D eigenvalue weighted by atomic mass is 16.2. The zero-order chi connectivity index (χ0) is 16.1. The summed E-state index contributed by atoms with van der Waals surface area (Å²) in [5.41, 5.74) is 0.567. The average molecular weight is 312 g/mol. The van der Waals surface area contributed by atoms with E-state index in [2.05, 4.69) is 15.3 Å². The molecule has 0 atom stereocenters. The summed E-state index contributed by atoms with van der Waals surface area (Å²) >= 11 is 0. The third-order valence-electron chi connectivity index (χ3n) is 4.19. The zero-order valence-corrected chi connectivity index (χ0v) is 12.9. The molecule has 3 rings (SSSR count). The van der Waals surface area contributed by atoms with Crippen LogP contribution in [-0.4, -0.2) is 46.3 Å². The molecule has 0 radical (unpaired) electrons. The number of H-pyrrole nitrogens is 1. The van der Waals surface area contributed by atoms with E-state index in [0.717, 1.165) is 18.7 Å². The van der Waals surface area contributed by atoms with Gasteiger partial charge in [0.25, 0.3) is 5.91 Å². The van der Waals surface area contributed by atoms with Crippen LogP contribution in [0.4, 0.5) is 0 Å². The van der Waals surface area contributed by atoms with Crippen LogP contribution in [0, 0.1) is 0 Å². The number of aromatic amines is 1. The summed E-state index contributed by atoms with van der Waals surface area (Å²) in [6.07, 6.45) is 5.37. The number of imidazole rings is 1. The minimum atomic E-state index is -0.218. The van der Waals surface area contributed by atoms with Crippen LogP contribution in [0.15, 0.2) is 42.7 Å². The Balaban J connectivity index is 1.45. The maximum Gasteiger partial charge on any atom is 0.251 e. The van der Waals surface area contributed by atoms with Crippen LogP contribution in [0.5, 0.6) is 0 Å². The van der Waals surface area contributed by atoms with Crippen molar-refractivity contribution in [1.82, 2.24) is 20.2 Å². The van der Waals surface area contributed by atoms with Crippen molar-refractivity contribution in [2.45, 2.75) is 18.8 Å². The SMILES string of the molecule is O=C(NCC(=O)N1CCC(c2ncc[nH]2)CC1)c1ccccc1. The van der Waals surface area contributed by atoms with E-state index in [-0.39, 0.29) is 18.4 Å². The lowest BCUT2D eigenvalue weighted by atomic mass is 9.96. The first-order valence-electron chi connectivity index (χ1n) is 7.84. The quantitative estimate of drug-likeness (QED) is 0.899. The van der Waals surface area contributed by atoms with Crippen LogP contribution < -0.4 is 5.32 Å². The van der Waals surface area contributed by atoms with Crippen molar-refractivity contribution in [3.8, 4) is 0 Å². The molecule has 1 aromatic heterocycles. The highest BCUT2D eigenvalue weighted by Crippen LogP contribution is 2.25. The summed E-state index contributed by atoms with van der Waals surface area (Å²) in [6.45, 7) is 1.44. The van der Waals surface area contributed by atoms with Gasteiger partial charge in [0.05, 0.1) is 6.54 Å². The van der Waals surface area contributed by atoms with Gasteiger partial charge >= 0.3 is 0 Å². The van der Waals surface area contributed by atoms with Crippen LogP contribution in [-0.2, 0) is 4.79 Å². The van der Waals surface area contributed by atoms with Crippen molar-refractivity contribution in [3.63, 3.8) is 0 Å². The fourth-order valence-corrected chi connectivity index (χ4v) is 2.86. The van der Waals surface area contributed by atoms with Gasteiger partial charge in [-0.2, -0.15) is 0 Å². The van der Waals surface area contributed by atoms with Gasteiger partial charge in [0.2, 0.25) is 5.91 Å². The van der Waals surface area contributed by atoms with Gasteiger partial charge < -0.3 is 15.2 Å². The van der Waals surface area contributed by atoms with Crippen LogP contribution in [0.3, 0.4) is 0 Å². The summed E-state index contributed by atoms with van der Waals surface area (Å²) in [5, 5.41) is 2.69. The van der Waals surface area contributed by atoms with Crippen molar-refractivity contribution >= 4 is 11.8 Å². The average Bonchev–Trinajstić information content (AvgIpc) is 3.15. The van der Waals surface area contributed by atoms with E-state index in [9.17, 15) is 9.59 Å². The third-order valence-corrected chi connectivity index (χ3v) is 4.19. The standard InChI is InChI=1S/C17H20N4O2/c22-15(12-20-17(23)14-4-2-1-3-5-14)21-10-6-13(7-11-21)16-18-8-9-19-16/h1-5,8-9,13H,6-7,10-12H2,(H,18,19)(H,20,23). The lowest BCUT2D eigenvalue weighted by molar-refractivity contribution is -0.131. The molecule has 1 aliphatic rings. The lowest BCUT2D eigenvalue weighted by Crippen LogP contribution is -2.43. The van der Waals surface area contributed by atoms with E-state index in [0.29, 0.717) is 24.6 Å². The van der Waals surface area contributed by atoms with Crippen LogP contribution in [0.25, 0.3) is 0 Å². The molecular weight excluding hydrogens is 292 g/mol. The number of nitrogens with one attached hydrogen (secondary N) is 2. The molecule has 0 saturated carbocycles. The Morgan fingerprint density at radius 2 is 1.96 bits per heavy atom. The van der Waals surface area contributed by atoms with E-state index >= 15 is 0 Å². The third kappa shape index (κ3) is 3.77. The second kappa shape index (κ2) is 7.09. The first-order chi connectivity index (χ1) is 11.2. The summed E-state index contributed by atoms with van der Waals surface area (Å²) in [5.74, 6) is 1.12. The van der Waals surface area contributed by atoms with Gasteiger partial charge in [0.1, 0.15) is 5.82 Å². The van der Waals surface area contributed by atoms with E-state index < -0.39 is 0 Å². The first-order valence-corrected chi connectivity index (χ1v) is 7.84. The molecule has 23 heavy (non-hydrogen) atoms. The van der Waals surface area contributed by atoms with E-state index in [1.165, 1.54) is 0 Å². The summed E-state index contributed by atoms with van der Waals surface area (Å²) in [4.78, 5) is 33.4. The highest BCUT2D eigenvalue weighted by molar-refractivity contribution is 5.96. The molecule has 120 valence electrons. The Labute approximate surface area is 134 Å². The first kappa shape index (κ1) is 15.3. The Morgan fingerprint density at radius 3 is 2.61 bits per heavy atom. The normalized spacial score (nSPS) is 15.4. The molecule has 2 amide bonds. The second-order valence-corrected chi connectivity index (χ2v) is 5.68. The van der Waals surface area contributed by atoms with Gasteiger partial charge in [-0.1, -0.05) is 18.2 Å². The Bertz CT molecular complexity index is 646. The molecular formula is C17H20N4O2. The van der Waals surface area contributed by atoms with Crippen molar-refractivity contribution in [2.75, 3.05) is 19.6 Å². The van der Waals surface area contributed by atoms with E-state index in [4.69, 9.17) is 0 Å². The highest BCUT2D eigenvalue weighted by Gasteiger charge is 2.25. The van der Waals surface area contributed by atoms with E-state index in [1.54, 1.807) is 30.5 Å². The molecule has 1 saturated heterocycles. The number of hydrogen-bond acceptors (Lipinski definition) is 3. The number of amides is 2.